The van der Waals surface area contributed by atoms with Crippen molar-refractivity contribution in [2.24, 2.45) is 0 Å². The van der Waals surface area contributed by atoms with E-state index in [4.69, 9.17) is 0 Å². The van der Waals surface area contributed by atoms with Gasteiger partial charge in [0, 0.05) is 29.4 Å². The topological polar surface area (TPSA) is 46.9 Å². The molecule has 1 aromatic heterocycles. The van der Waals surface area contributed by atoms with Gasteiger partial charge in [-0.1, -0.05) is 22.0 Å². The molecule has 0 atom stereocenters. The van der Waals surface area contributed by atoms with Crippen LogP contribution in [0.4, 0.5) is 5.69 Å². The average Bonchev–Trinajstić information content (AvgIpc) is 2.38. The zero-order valence-corrected chi connectivity index (χ0v) is 14.1. The van der Waals surface area contributed by atoms with Crippen molar-refractivity contribution in [2.75, 3.05) is 11.9 Å². The van der Waals surface area contributed by atoms with Crippen molar-refractivity contribution in [2.45, 2.75) is 13.5 Å². The van der Waals surface area contributed by atoms with E-state index in [1.807, 2.05) is 53.8 Å². The number of nitrogens with zero attached hydrogens (tertiary/aromatic N) is 2. The van der Waals surface area contributed by atoms with E-state index in [0.717, 1.165) is 16.0 Å². The minimum Gasteiger partial charge on any atom is -0.383 e. The summed E-state index contributed by atoms with van der Waals surface area (Å²) in [5.74, 6) is 0.737. The van der Waals surface area contributed by atoms with Crippen LogP contribution in [0.15, 0.2) is 39.7 Å². The highest BCUT2D eigenvalue weighted by molar-refractivity contribution is 14.1. The number of halogens is 2. The first-order valence-electron chi connectivity index (χ1n) is 5.79. The van der Waals surface area contributed by atoms with Crippen LogP contribution in [0.25, 0.3) is 0 Å². The SMILES string of the molecule is Cc1ncc(I)c(=O)n1CCNc1cccc(Br)c1. The van der Waals surface area contributed by atoms with Crippen molar-refractivity contribution >= 4 is 44.2 Å². The van der Waals surface area contributed by atoms with Gasteiger partial charge in [0.05, 0.1) is 3.57 Å². The molecule has 100 valence electrons. The molecule has 0 radical (unpaired) electrons. The zero-order chi connectivity index (χ0) is 13.8. The van der Waals surface area contributed by atoms with Gasteiger partial charge in [0.1, 0.15) is 5.82 Å². The van der Waals surface area contributed by atoms with Crippen molar-refractivity contribution < 1.29 is 0 Å². The van der Waals surface area contributed by atoms with Crippen LogP contribution in [-0.2, 0) is 6.54 Å². The van der Waals surface area contributed by atoms with Gasteiger partial charge in [0.2, 0.25) is 0 Å². The van der Waals surface area contributed by atoms with Crippen LogP contribution in [0, 0.1) is 10.5 Å². The van der Waals surface area contributed by atoms with Gasteiger partial charge in [-0.2, -0.15) is 0 Å². The third kappa shape index (κ3) is 3.79. The number of hydrogen-bond acceptors (Lipinski definition) is 3. The van der Waals surface area contributed by atoms with Crippen LogP contribution >= 0.6 is 38.5 Å². The molecule has 0 spiro atoms. The summed E-state index contributed by atoms with van der Waals surface area (Å²) in [4.78, 5) is 16.2. The van der Waals surface area contributed by atoms with E-state index in [1.54, 1.807) is 10.8 Å². The highest BCUT2D eigenvalue weighted by atomic mass is 127. The van der Waals surface area contributed by atoms with E-state index >= 15 is 0 Å². The molecular formula is C13H13BrIN3O. The molecule has 0 saturated heterocycles. The maximum atomic E-state index is 12.0. The molecule has 2 rings (SSSR count). The molecule has 19 heavy (non-hydrogen) atoms. The van der Waals surface area contributed by atoms with Crippen molar-refractivity contribution in [1.29, 1.82) is 0 Å². The molecule has 0 fully saturated rings. The molecule has 2 aromatic rings. The summed E-state index contributed by atoms with van der Waals surface area (Å²) in [7, 11) is 0. The second kappa shape index (κ2) is 6.51. The normalized spacial score (nSPS) is 10.5. The van der Waals surface area contributed by atoms with E-state index in [-0.39, 0.29) is 5.56 Å². The second-order valence-electron chi connectivity index (χ2n) is 4.05. The average molecular weight is 434 g/mol. The summed E-state index contributed by atoms with van der Waals surface area (Å²) in [5.41, 5.74) is 1.04. The Kier molecular flexibility index (Phi) is 4.98. The van der Waals surface area contributed by atoms with E-state index < -0.39 is 0 Å². The summed E-state index contributed by atoms with van der Waals surface area (Å²) >= 11 is 5.44. The van der Waals surface area contributed by atoms with Crippen LogP contribution in [0.1, 0.15) is 5.82 Å². The molecule has 1 aromatic carbocycles. The summed E-state index contributed by atoms with van der Waals surface area (Å²) in [6.07, 6.45) is 1.61. The van der Waals surface area contributed by atoms with Gasteiger partial charge in [0.25, 0.3) is 5.56 Å². The van der Waals surface area contributed by atoms with E-state index in [1.165, 1.54) is 0 Å². The van der Waals surface area contributed by atoms with Gasteiger partial charge < -0.3 is 5.32 Å². The molecule has 0 amide bonds. The van der Waals surface area contributed by atoms with E-state index in [2.05, 4.69) is 26.2 Å². The fourth-order valence-electron chi connectivity index (χ4n) is 1.72. The van der Waals surface area contributed by atoms with Crippen LogP contribution in [0.5, 0.6) is 0 Å². The van der Waals surface area contributed by atoms with Crippen molar-refractivity contribution in [1.82, 2.24) is 9.55 Å². The number of nitrogens with one attached hydrogen (secondary N) is 1. The number of benzene rings is 1. The Morgan fingerprint density at radius 1 is 1.47 bits per heavy atom. The molecule has 0 aliphatic rings. The Labute approximate surface area is 133 Å². The lowest BCUT2D eigenvalue weighted by Crippen LogP contribution is -2.28. The van der Waals surface area contributed by atoms with Gasteiger partial charge in [-0.25, -0.2) is 4.98 Å². The number of hydrogen-bond donors (Lipinski definition) is 1. The zero-order valence-electron chi connectivity index (χ0n) is 10.4. The third-order valence-corrected chi connectivity index (χ3v) is 3.93. The molecule has 6 heteroatoms. The van der Waals surface area contributed by atoms with Crippen LogP contribution < -0.4 is 10.9 Å². The Balaban J connectivity index is 2.04. The summed E-state index contributed by atoms with van der Waals surface area (Å²) in [5, 5.41) is 3.29. The maximum Gasteiger partial charge on any atom is 0.266 e. The summed E-state index contributed by atoms with van der Waals surface area (Å²) in [6, 6.07) is 7.94. The molecule has 0 saturated carbocycles. The number of rotatable bonds is 4. The van der Waals surface area contributed by atoms with E-state index in [9.17, 15) is 4.79 Å². The van der Waals surface area contributed by atoms with Gasteiger partial charge in [-0.05, 0) is 47.7 Å². The fourth-order valence-corrected chi connectivity index (χ4v) is 2.55. The lowest BCUT2D eigenvalue weighted by atomic mass is 10.3. The number of anilines is 1. The third-order valence-electron chi connectivity index (χ3n) is 2.69. The molecule has 0 bridgehead atoms. The van der Waals surface area contributed by atoms with Crippen molar-refractivity contribution in [3.05, 3.63) is 54.7 Å². The first-order chi connectivity index (χ1) is 9.08. The Morgan fingerprint density at radius 3 is 3.00 bits per heavy atom. The quantitative estimate of drug-likeness (QED) is 0.754. The minimum atomic E-state index is 0.0177. The lowest BCUT2D eigenvalue weighted by Gasteiger charge is -2.11. The minimum absolute atomic E-state index is 0.0177. The molecule has 0 aliphatic carbocycles. The van der Waals surface area contributed by atoms with Gasteiger partial charge in [-0.3, -0.25) is 9.36 Å². The van der Waals surface area contributed by atoms with Gasteiger partial charge in [-0.15, -0.1) is 0 Å². The number of aryl methyl sites for hydroxylation is 1. The molecule has 0 unspecified atom stereocenters. The van der Waals surface area contributed by atoms with Gasteiger partial charge in [0.15, 0.2) is 0 Å². The Bertz CT molecular complexity index is 642. The van der Waals surface area contributed by atoms with E-state index in [0.29, 0.717) is 16.7 Å². The van der Waals surface area contributed by atoms with Gasteiger partial charge >= 0.3 is 0 Å². The monoisotopic (exact) mass is 433 g/mol. The predicted octanol–water partition coefficient (Wildman–Crippen LogP) is 3.03. The standard InChI is InChI=1S/C13H13BrIN3O/c1-9-17-8-12(15)13(19)18(9)6-5-16-11-4-2-3-10(14)7-11/h2-4,7-8,16H,5-6H2,1H3. The van der Waals surface area contributed by atoms with Crippen LogP contribution in [-0.4, -0.2) is 16.1 Å². The molecule has 4 nitrogen and oxygen atoms in total. The molecule has 1 N–H and O–H groups in total. The summed E-state index contributed by atoms with van der Waals surface area (Å²) < 4.78 is 3.36. The fraction of sp³-hybridized carbons (Fsp3) is 0.231. The van der Waals surface area contributed by atoms with Crippen molar-refractivity contribution in [3.63, 3.8) is 0 Å². The van der Waals surface area contributed by atoms with Crippen LogP contribution in [0.3, 0.4) is 0 Å². The smallest absolute Gasteiger partial charge is 0.266 e. The molecule has 1 heterocycles. The number of aromatic nitrogens is 2. The maximum absolute atomic E-state index is 12.0. The molecular weight excluding hydrogens is 421 g/mol. The highest BCUT2D eigenvalue weighted by Crippen LogP contribution is 2.15. The largest absolute Gasteiger partial charge is 0.383 e. The first kappa shape index (κ1) is 14.5. The highest BCUT2D eigenvalue weighted by Gasteiger charge is 2.04. The molecule has 0 aliphatic heterocycles. The predicted molar refractivity (Wildman–Crippen MR) is 88.6 cm³/mol. The summed E-state index contributed by atoms with van der Waals surface area (Å²) in [6.45, 7) is 3.12. The lowest BCUT2D eigenvalue weighted by molar-refractivity contribution is 0.648. The first-order valence-corrected chi connectivity index (χ1v) is 7.66. The Hall–Kier alpha value is -0.890. The Morgan fingerprint density at radius 2 is 2.26 bits per heavy atom. The van der Waals surface area contributed by atoms with Crippen LogP contribution in [0.2, 0.25) is 0 Å². The van der Waals surface area contributed by atoms with Crippen molar-refractivity contribution in [3.8, 4) is 0 Å². The second-order valence-corrected chi connectivity index (χ2v) is 6.13.